The quantitative estimate of drug-likeness (QED) is 0.383. The fraction of sp³-hybridized carbons (Fsp3) is 0.370. The van der Waals surface area contributed by atoms with Gasteiger partial charge < -0.3 is 34.1 Å². The van der Waals surface area contributed by atoms with E-state index in [9.17, 15) is 24.7 Å². The average Bonchev–Trinajstić information content (AvgIpc) is 2.94. The smallest absolute Gasteiger partial charge is 0.225 e. The van der Waals surface area contributed by atoms with Crippen LogP contribution in [0.15, 0.2) is 36.5 Å². The van der Waals surface area contributed by atoms with Crippen molar-refractivity contribution in [1.82, 2.24) is 9.88 Å². The van der Waals surface area contributed by atoms with Gasteiger partial charge in [-0.25, -0.2) is 4.39 Å². The van der Waals surface area contributed by atoms with Gasteiger partial charge in [0.25, 0.3) is 0 Å². The molecule has 1 amide bonds. The number of aliphatic hydroxyl groups excluding tert-OH is 2. The molecule has 1 aromatic heterocycles. The van der Waals surface area contributed by atoms with Crippen LogP contribution in [0.1, 0.15) is 18.4 Å². The van der Waals surface area contributed by atoms with Crippen molar-refractivity contribution < 1.29 is 38.3 Å². The summed E-state index contributed by atoms with van der Waals surface area (Å²) in [5.41, 5.74) is 0.547. The summed E-state index contributed by atoms with van der Waals surface area (Å²) in [6.45, 7) is 1.66. The summed E-state index contributed by atoms with van der Waals surface area (Å²) in [5.74, 6) is 0.0760. The fourth-order valence-corrected chi connectivity index (χ4v) is 4.26. The first-order valence-electron chi connectivity index (χ1n) is 12.2. The fourth-order valence-electron chi connectivity index (χ4n) is 4.09. The van der Waals surface area contributed by atoms with Crippen molar-refractivity contribution >= 4 is 28.4 Å². The molecule has 1 aliphatic rings. The van der Waals surface area contributed by atoms with E-state index in [-0.39, 0.29) is 53.2 Å². The minimum Gasteiger partial charge on any atom is -0.493 e. The van der Waals surface area contributed by atoms with Gasteiger partial charge in [-0.3, -0.25) is 9.78 Å². The number of aromatic nitrogens is 1. The van der Waals surface area contributed by atoms with Gasteiger partial charge in [0.05, 0.1) is 49.5 Å². The maximum atomic E-state index is 13.6. The molecule has 0 radical (unpaired) electrons. The number of methoxy groups -OCH3 is 1. The Hall–Kier alpha value is -3.69. The molecule has 2 N–H and O–H groups in total. The Kier molecular flexibility index (Phi) is 9.37. The van der Waals surface area contributed by atoms with Crippen molar-refractivity contribution in [3.05, 3.63) is 52.9 Å². The normalized spacial score (nSPS) is 14.9. The highest BCUT2D eigenvalue weighted by molar-refractivity contribution is 6.30. The SMILES string of the molecule is COc1cc2ncc(C#N)c(Oc3ccc(F)c(Cl)c3)c2cc1OCC(O)CC(O)CC(=O)N1CCOCC1. The van der Waals surface area contributed by atoms with E-state index in [0.29, 0.717) is 43.0 Å². The molecule has 206 valence electrons. The number of nitriles is 1. The number of carbonyl (C=O) groups excluding carboxylic acids is 1. The average molecular weight is 560 g/mol. The minimum atomic E-state index is -1.08. The number of aliphatic hydroxyl groups is 2. The number of hydrogen-bond acceptors (Lipinski definition) is 9. The highest BCUT2D eigenvalue weighted by atomic mass is 35.5. The van der Waals surface area contributed by atoms with Crippen LogP contribution in [0.4, 0.5) is 4.39 Å². The lowest BCUT2D eigenvalue weighted by Gasteiger charge is -2.28. The Morgan fingerprint density at radius 1 is 1.23 bits per heavy atom. The molecule has 2 aromatic carbocycles. The molecular weight excluding hydrogens is 533 g/mol. The summed E-state index contributed by atoms with van der Waals surface area (Å²) in [6, 6.07) is 8.96. The third-order valence-corrected chi connectivity index (χ3v) is 6.37. The molecule has 2 atom stereocenters. The topological polar surface area (TPSA) is 134 Å². The number of morpholine rings is 1. The van der Waals surface area contributed by atoms with Crippen molar-refractivity contribution in [2.45, 2.75) is 25.0 Å². The predicted octanol–water partition coefficient (Wildman–Crippen LogP) is 3.44. The van der Waals surface area contributed by atoms with E-state index in [2.05, 4.69) is 4.98 Å². The van der Waals surface area contributed by atoms with Crippen LogP contribution in [-0.2, 0) is 9.53 Å². The summed E-state index contributed by atoms with van der Waals surface area (Å²) in [6.07, 6.45) is -0.994. The third-order valence-electron chi connectivity index (χ3n) is 6.08. The zero-order chi connectivity index (χ0) is 27.9. The summed E-state index contributed by atoms with van der Waals surface area (Å²) in [5, 5.41) is 30.7. The molecule has 0 spiro atoms. The van der Waals surface area contributed by atoms with Gasteiger partial charge in [0.1, 0.15) is 29.8 Å². The van der Waals surface area contributed by atoms with Crippen molar-refractivity contribution in [2.75, 3.05) is 40.0 Å². The lowest BCUT2D eigenvalue weighted by Crippen LogP contribution is -2.42. The monoisotopic (exact) mass is 559 g/mol. The summed E-state index contributed by atoms with van der Waals surface area (Å²) < 4.78 is 36.0. The molecule has 0 saturated carbocycles. The number of hydrogen-bond donors (Lipinski definition) is 2. The summed E-state index contributed by atoms with van der Waals surface area (Å²) >= 11 is 5.87. The molecule has 2 unspecified atom stereocenters. The van der Waals surface area contributed by atoms with Crippen LogP contribution in [-0.4, -0.2) is 78.2 Å². The first-order chi connectivity index (χ1) is 18.8. The highest BCUT2D eigenvalue weighted by Gasteiger charge is 2.23. The van der Waals surface area contributed by atoms with Crippen molar-refractivity contribution in [3.63, 3.8) is 0 Å². The molecule has 0 aliphatic carbocycles. The zero-order valence-corrected chi connectivity index (χ0v) is 21.9. The van der Waals surface area contributed by atoms with E-state index >= 15 is 0 Å². The van der Waals surface area contributed by atoms with Crippen LogP contribution >= 0.6 is 11.6 Å². The standard InChI is InChI=1S/C27H27ClFN3O7/c1-36-24-12-23-20(27(16(13-30)14-31-23)39-19-2-3-22(29)21(28)10-19)11-25(24)38-15-18(34)8-17(33)9-26(35)32-4-6-37-7-5-32/h2-3,10-12,14,17-18,33-34H,4-9,15H2,1H3. The number of fused-ring (bicyclic) bond motifs is 1. The number of pyridine rings is 1. The number of carbonyl (C=O) groups is 1. The van der Waals surface area contributed by atoms with Crippen LogP contribution in [0, 0.1) is 17.1 Å². The number of ether oxygens (including phenoxy) is 4. The largest absolute Gasteiger partial charge is 0.493 e. The maximum absolute atomic E-state index is 13.6. The molecule has 1 aliphatic heterocycles. The van der Waals surface area contributed by atoms with Gasteiger partial charge in [-0.1, -0.05) is 11.6 Å². The Morgan fingerprint density at radius 3 is 2.69 bits per heavy atom. The molecule has 39 heavy (non-hydrogen) atoms. The van der Waals surface area contributed by atoms with Crippen molar-refractivity contribution in [3.8, 4) is 29.1 Å². The second-order valence-corrected chi connectivity index (χ2v) is 9.27. The van der Waals surface area contributed by atoms with Gasteiger partial charge in [-0.05, 0) is 18.2 Å². The molecule has 0 bridgehead atoms. The van der Waals surface area contributed by atoms with Gasteiger partial charge in [-0.2, -0.15) is 5.26 Å². The van der Waals surface area contributed by atoms with Crippen LogP contribution in [0.2, 0.25) is 5.02 Å². The van der Waals surface area contributed by atoms with E-state index in [1.165, 1.54) is 25.4 Å². The molecule has 12 heteroatoms. The molecule has 1 fully saturated rings. The van der Waals surface area contributed by atoms with Gasteiger partial charge in [0.15, 0.2) is 17.2 Å². The Balaban J connectivity index is 1.49. The van der Waals surface area contributed by atoms with Crippen LogP contribution in [0.25, 0.3) is 10.9 Å². The van der Waals surface area contributed by atoms with E-state index in [0.717, 1.165) is 6.07 Å². The predicted molar refractivity (Wildman–Crippen MR) is 139 cm³/mol. The number of rotatable bonds is 10. The first kappa shape index (κ1) is 28.3. The zero-order valence-electron chi connectivity index (χ0n) is 21.1. The summed E-state index contributed by atoms with van der Waals surface area (Å²) in [4.78, 5) is 18.3. The van der Waals surface area contributed by atoms with Gasteiger partial charge in [0, 0.05) is 43.2 Å². The molecule has 1 saturated heterocycles. The highest BCUT2D eigenvalue weighted by Crippen LogP contribution is 2.39. The van der Waals surface area contributed by atoms with Gasteiger partial charge in [0.2, 0.25) is 5.91 Å². The minimum absolute atomic E-state index is 0.0776. The van der Waals surface area contributed by atoms with E-state index < -0.39 is 18.0 Å². The van der Waals surface area contributed by atoms with E-state index in [1.54, 1.807) is 17.0 Å². The van der Waals surface area contributed by atoms with Crippen LogP contribution in [0.3, 0.4) is 0 Å². The number of amides is 1. The maximum Gasteiger partial charge on any atom is 0.225 e. The van der Waals surface area contributed by atoms with Gasteiger partial charge in [-0.15, -0.1) is 0 Å². The van der Waals surface area contributed by atoms with Crippen LogP contribution in [0.5, 0.6) is 23.0 Å². The Labute approximate surface area is 229 Å². The van der Waals surface area contributed by atoms with Crippen molar-refractivity contribution in [1.29, 1.82) is 5.26 Å². The molecule has 3 aromatic rings. The third kappa shape index (κ3) is 7.04. The number of nitrogens with zero attached hydrogens (tertiary/aromatic N) is 3. The first-order valence-corrected chi connectivity index (χ1v) is 12.5. The van der Waals surface area contributed by atoms with E-state index in [1.807, 2.05) is 6.07 Å². The Morgan fingerprint density at radius 2 is 2.00 bits per heavy atom. The molecule has 4 rings (SSSR count). The number of halogens is 2. The second-order valence-electron chi connectivity index (χ2n) is 8.86. The molecule has 10 nitrogen and oxygen atoms in total. The molecular formula is C27H27ClFN3O7. The second kappa shape index (κ2) is 12.9. The van der Waals surface area contributed by atoms with Crippen molar-refractivity contribution in [2.24, 2.45) is 0 Å². The number of benzene rings is 2. The molecule has 2 heterocycles. The van der Waals surface area contributed by atoms with E-state index in [4.69, 9.17) is 30.5 Å². The van der Waals surface area contributed by atoms with Gasteiger partial charge >= 0.3 is 0 Å². The Bertz CT molecular complexity index is 1380. The summed E-state index contributed by atoms with van der Waals surface area (Å²) in [7, 11) is 1.44. The lowest BCUT2D eigenvalue weighted by atomic mass is 10.1. The lowest BCUT2D eigenvalue weighted by molar-refractivity contribution is -0.137. The van der Waals surface area contributed by atoms with Crippen LogP contribution < -0.4 is 14.2 Å².